The van der Waals surface area contributed by atoms with Gasteiger partial charge in [0.1, 0.15) is 6.04 Å². The third-order valence-corrected chi connectivity index (χ3v) is 3.11. The summed E-state index contributed by atoms with van der Waals surface area (Å²) in [6, 6.07) is -0.660. The summed E-state index contributed by atoms with van der Waals surface area (Å²) < 4.78 is 4.94. The fourth-order valence-corrected chi connectivity index (χ4v) is 2.11. The van der Waals surface area contributed by atoms with Gasteiger partial charge in [0.05, 0.1) is 18.6 Å². The van der Waals surface area contributed by atoms with Crippen LogP contribution in [0.15, 0.2) is 0 Å². The Morgan fingerprint density at radius 2 is 2.05 bits per heavy atom. The van der Waals surface area contributed by atoms with Gasteiger partial charge in [-0.25, -0.2) is 0 Å². The first-order valence-electron chi connectivity index (χ1n) is 6.58. The van der Waals surface area contributed by atoms with E-state index in [1.807, 2.05) is 6.92 Å². The van der Waals surface area contributed by atoms with Crippen molar-refractivity contribution in [3.63, 3.8) is 0 Å². The number of esters is 1. The molecular formula is C13H22N2O4. The molecule has 1 aliphatic heterocycles. The van der Waals surface area contributed by atoms with E-state index in [4.69, 9.17) is 4.74 Å². The summed E-state index contributed by atoms with van der Waals surface area (Å²) in [5.41, 5.74) is -0.678. The quantitative estimate of drug-likeness (QED) is 0.555. The molecule has 1 heterocycles. The van der Waals surface area contributed by atoms with Crippen LogP contribution in [0.5, 0.6) is 0 Å². The van der Waals surface area contributed by atoms with Gasteiger partial charge in [-0.2, -0.15) is 0 Å². The first-order valence-corrected chi connectivity index (χ1v) is 6.58. The summed E-state index contributed by atoms with van der Waals surface area (Å²) in [6.45, 7) is 7.91. The topological polar surface area (TPSA) is 75.7 Å². The van der Waals surface area contributed by atoms with Crippen LogP contribution in [0.25, 0.3) is 0 Å². The van der Waals surface area contributed by atoms with E-state index in [2.05, 4.69) is 5.32 Å². The van der Waals surface area contributed by atoms with Gasteiger partial charge >= 0.3 is 5.97 Å². The molecule has 2 amide bonds. The Hall–Kier alpha value is -1.43. The number of nitrogens with zero attached hydrogens (tertiary/aromatic N) is 1. The number of hydrogen-bond donors (Lipinski definition) is 1. The molecule has 1 unspecified atom stereocenters. The Labute approximate surface area is 113 Å². The van der Waals surface area contributed by atoms with Gasteiger partial charge in [-0.05, 0) is 13.5 Å². The third kappa shape index (κ3) is 3.53. The fourth-order valence-electron chi connectivity index (χ4n) is 2.11. The molecule has 0 saturated carbocycles. The molecule has 1 N–H and O–H groups in total. The van der Waals surface area contributed by atoms with Gasteiger partial charge in [0.15, 0.2) is 0 Å². The highest BCUT2D eigenvalue weighted by Gasteiger charge is 2.45. The normalized spacial score (nSPS) is 19.7. The van der Waals surface area contributed by atoms with E-state index in [1.54, 1.807) is 20.8 Å². The van der Waals surface area contributed by atoms with Crippen molar-refractivity contribution in [2.45, 2.75) is 40.2 Å². The average molecular weight is 270 g/mol. The van der Waals surface area contributed by atoms with E-state index in [0.29, 0.717) is 6.54 Å². The van der Waals surface area contributed by atoms with Crippen molar-refractivity contribution < 1.29 is 19.1 Å². The molecule has 0 aromatic rings. The van der Waals surface area contributed by atoms with Crippen molar-refractivity contribution in [2.75, 3.05) is 19.7 Å². The Kier molecular flexibility index (Phi) is 5.05. The minimum absolute atomic E-state index is 0.0355. The highest BCUT2D eigenvalue weighted by Crippen LogP contribution is 2.31. The number of rotatable bonds is 6. The minimum Gasteiger partial charge on any atom is -0.465 e. The van der Waals surface area contributed by atoms with Gasteiger partial charge in [0, 0.05) is 6.42 Å². The lowest BCUT2D eigenvalue weighted by Crippen LogP contribution is -2.49. The van der Waals surface area contributed by atoms with Crippen LogP contribution < -0.4 is 5.32 Å². The van der Waals surface area contributed by atoms with E-state index in [0.717, 1.165) is 4.90 Å². The number of hydrogen-bond acceptors (Lipinski definition) is 5. The van der Waals surface area contributed by atoms with Crippen LogP contribution in [-0.2, 0) is 19.1 Å². The molecule has 0 aliphatic carbocycles. The number of likely N-dealkylation sites (N-methyl/N-ethyl adjacent to an activating group) is 1. The van der Waals surface area contributed by atoms with E-state index in [1.165, 1.54) is 0 Å². The molecule has 6 nitrogen and oxygen atoms in total. The summed E-state index contributed by atoms with van der Waals surface area (Å²) >= 11 is 0. The third-order valence-electron chi connectivity index (χ3n) is 3.11. The second-order valence-corrected chi connectivity index (χ2v) is 5.23. The van der Waals surface area contributed by atoms with E-state index in [9.17, 15) is 14.4 Å². The van der Waals surface area contributed by atoms with E-state index < -0.39 is 17.4 Å². The molecule has 1 saturated heterocycles. The number of amides is 2. The number of ether oxygens (including phenoxy) is 1. The number of imide groups is 1. The highest BCUT2D eigenvalue weighted by molar-refractivity contribution is 6.05. The van der Waals surface area contributed by atoms with Crippen LogP contribution in [0, 0.1) is 5.41 Å². The smallest absolute Gasteiger partial charge is 0.324 e. The number of carbonyl (C=O) groups is 3. The van der Waals surface area contributed by atoms with Crippen LogP contribution in [0.2, 0.25) is 0 Å². The zero-order valence-electron chi connectivity index (χ0n) is 12.0. The first-order chi connectivity index (χ1) is 8.83. The predicted octanol–water partition coefficient (Wildman–Crippen LogP) is 0.313. The molecule has 1 rings (SSSR count). The molecule has 0 aromatic carbocycles. The molecular weight excluding hydrogens is 248 g/mol. The maximum absolute atomic E-state index is 12.1. The zero-order chi connectivity index (χ0) is 14.6. The van der Waals surface area contributed by atoms with Gasteiger partial charge in [-0.1, -0.05) is 20.8 Å². The van der Waals surface area contributed by atoms with E-state index in [-0.39, 0.29) is 31.4 Å². The average Bonchev–Trinajstić information content (AvgIpc) is 2.50. The Morgan fingerprint density at radius 1 is 1.42 bits per heavy atom. The largest absolute Gasteiger partial charge is 0.465 e. The van der Waals surface area contributed by atoms with Crippen LogP contribution in [0.3, 0.4) is 0 Å². The Morgan fingerprint density at radius 3 is 2.47 bits per heavy atom. The summed E-state index contributed by atoms with van der Waals surface area (Å²) in [4.78, 5) is 36.8. The highest BCUT2D eigenvalue weighted by atomic mass is 16.5. The summed E-state index contributed by atoms with van der Waals surface area (Å²) in [6.07, 6.45) is 0.188. The maximum Gasteiger partial charge on any atom is 0.324 e. The first kappa shape index (κ1) is 15.6. The van der Waals surface area contributed by atoms with Crippen molar-refractivity contribution in [3.8, 4) is 0 Å². The van der Waals surface area contributed by atoms with Crippen LogP contribution in [-0.4, -0.2) is 48.4 Å². The molecule has 6 heteroatoms. The van der Waals surface area contributed by atoms with Crippen LogP contribution in [0.4, 0.5) is 0 Å². The van der Waals surface area contributed by atoms with Gasteiger partial charge in [0.25, 0.3) is 0 Å². The molecule has 108 valence electrons. The summed E-state index contributed by atoms with van der Waals surface area (Å²) in [7, 11) is 0. The lowest BCUT2D eigenvalue weighted by atomic mass is 9.92. The lowest BCUT2D eigenvalue weighted by Gasteiger charge is -2.23. The molecule has 0 bridgehead atoms. The van der Waals surface area contributed by atoms with Crippen LogP contribution in [0.1, 0.15) is 34.1 Å². The number of likely N-dealkylation sites (tertiary alicyclic amines) is 1. The molecule has 1 aliphatic rings. The van der Waals surface area contributed by atoms with E-state index >= 15 is 0 Å². The van der Waals surface area contributed by atoms with Gasteiger partial charge < -0.3 is 10.1 Å². The monoisotopic (exact) mass is 270 g/mol. The molecule has 1 fully saturated rings. The Bertz CT molecular complexity index is 379. The minimum atomic E-state index is -0.678. The molecule has 0 aromatic heterocycles. The van der Waals surface area contributed by atoms with Crippen molar-refractivity contribution >= 4 is 17.8 Å². The number of carbonyl (C=O) groups excluding carboxylic acids is 3. The molecule has 0 spiro atoms. The summed E-state index contributed by atoms with van der Waals surface area (Å²) in [5, 5.41) is 2.94. The molecule has 1 atom stereocenters. The fraction of sp³-hybridized carbons (Fsp3) is 0.769. The van der Waals surface area contributed by atoms with Gasteiger partial charge in [0.2, 0.25) is 11.8 Å². The molecule has 0 radical (unpaired) electrons. The zero-order valence-corrected chi connectivity index (χ0v) is 12.0. The SMILES string of the molecule is CCNC(CN1C(=O)CC(C)(C)C1=O)C(=O)OCC. The molecule has 19 heavy (non-hydrogen) atoms. The van der Waals surface area contributed by atoms with Gasteiger partial charge in [-0.3, -0.25) is 19.3 Å². The summed E-state index contributed by atoms with van der Waals surface area (Å²) in [5.74, 6) is -0.901. The second-order valence-electron chi connectivity index (χ2n) is 5.23. The van der Waals surface area contributed by atoms with Crippen molar-refractivity contribution in [1.29, 1.82) is 0 Å². The van der Waals surface area contributed by atoms with Gasteiger partial charge in [-0.15, -0.1) is 0 Å². The Balaban J connectivity index is 2.77. The van der Waals surface area contributed by atoms with Crippen molar-refractivity contribution in [2.24, 2.45) is 5.41 Å². The van der Waals surface area contributed by atoms with Crippen LogP contribution >= 0.6 is 0 Å². The second kappa shape index (κ2) is 6.14. The lowest BCUT2D eigenvalue weighted by molar-refractivity contribution is -0.148. The standard InChI is InChI=1S/C13H22N2O4/c1-5-14-9(11(17)19-6-2)8-15-10(16)7-13(3,4)12(15)18/h9,14H,5-8H2,1-4H3. The maximum atomic E-state index is 12.1. The number of nitrogens with one attached hydrogen (secondary N) is 1. The predicted molar refractivity (Wildman–Crippen MR) is 69.2 cm³/mol. The van der Waals surface area contributed by atoms with Crippen molar-refractivity contribution in [1.82, 2.24) is 10.2 Å². The van der Waals surface area contributed by atoms with Crippen molar-refractivity contribution in [3.05, 3.63) is 0 Å².